The molecule has 2 fully saturated rings. The molecule has 0 amide bonds. The van der Waals surface area contributed by atoms with Crippen LogP contribution in [0, 0.1) is 0 Å². The third-order valence-electron chi connectivity index (χ3n) is 4.66. The van der Waals surface area contributed by atoms with E-state index in [0.717, 1.165) is 48.7 Å². The summed E-state index contributed by atoms with van der Waals surface area (Å²) in [4.78, 5) is 12.9. The molecule has 1 aromatic heterocycles. The largest absolute Gasteiger partial charge is 0.434 e. The van der Waals surface area contributed by atoms with Crippen molar-refractivity contribution in [1.29, 1.82) is 0 Å². The second kappa shape index (κ2) is 7.90. The van der Waals surface area contributed by atoms with Crippen LogP contribution in [0.15, 0.2) is 10.4 Å². The minimum atomic E-state index is -4.39. The van der Waals surface area contributed by atoms with Gasteiger partial charge in [-0.25, -0.2) is 9.98 Å². The number of hydrogen-bond donors (Lipinski definition) is 1. The van der Waals surface area contributed by atoms with Gasteiger partial charge in [0.15, 0.2) is 11.7 Å². The fourth-order valence-corrected chi connectivity index (χ4v) is 4.15. The normalized spacial score (nSPS) is 22.8. The Labute approximate surface area is 149 Å². The zero-order valence-electron chi connectivity index (χ0n) is 14.3. The lowest BCUT2D eigenvalue weighted by molar-refractivity contribution is -0.140. The van der Waals surface area contributed by atoms with E-state index in [2.05, 4.69) is 25.1 Å². The van der Waals surface area contributed by atoms with Crippen molar-refractivity contribution in [2.24, 2.45) is 4.99 Å². The quantitative estimate of drug-likeness (QED) is 0.649. The predicted octanol–water partition coefficient (Wildman–Crippen LogP) is 2.80. The molecule has 5 nitrogen and oxygen atoms in total. The van der Waals surface area contributed by atoms with Gasteiger partial charge in [-0.2, -0.15) is 13.2 Å². The number of likely N-dealkylation sites (tertiary alicyclic amines) is 2. The highest BCUT2D eigenvalue weighted by atomic mass is 32.1. The number of nitrogens with one attached hydrogen (secondary N) is 1. The first-order valence-corrected chi connectivity index (χ1v) is 9.64. The smallest absolute Gasteiger partial charge is 0.357 e. The van der Waals surface area contributed by atoms with E-state index in [-0.39, 0.29) is 6.54 Å². The van der Waals surface area contributed by atoms with Crippen molar-refractivity contribution in [1.82, 2.24) is 20.1 Å². The second-order valence-corrected chi connectivity index (χ2v) is 7.37. The van der Waals surface area contributed by atoms with Gasteiger partial charge in [0, 0.05) is 31.1 Å². The maximum atomic E-state index is 12.6. The maximum absolute atomic E-state index is 12.6. The lowest BCUT2D eigenvalue weighted by Gasteiger charge is -2.25. The molecule has 2 aliphatic heterocycles. The minimum absolute atomic E-state index is 0.175. The van der Waals surface area contributed by atoms with Gasteiger partial charge >= 0.3 is 6.18 Å². The van der Waals surface area contributed by atoms with E-state index in [1.54, 1.807) is 0 Å². The van der Waals surface area contributed by atoms with Crippen LogP contribution in [0.5, 0.6) is 0 Å². The molecule has 0 bridgehead atoms. The number of alkyl halides is 3. The standard InChI is InChI=1S/C16H24F3N5S/c1-2-20-15(21-9-14-22-13(11-25-14)16(17,18)19)24-8-5-12(10-24)23-6-3-4-7-23/h11-12H,2-10H2,1H3,(H,20,21). The molecule has 0 aromatic carbocycles. The molecule has 0 aliphatic carbocycles. The van der Waals surface area contributed by atoms with Gasteiger partial charge in [0.25, 0.3) is 0 Å². The van der Waals surface area contributed by atoms with Gasteiger partial charge in [0.1, 0.15) is 5.01 Å². The van der Waals surface area contributed by atoms with Crippen LogP contribution in [0.2, 0.25) is 0 Å². The van der Waals surface area contributed by atoms with Crippen LogP contribution in [-0.2, 0) is 12.7 Å². The Morgan fingerprint density at radius 1 is 1.36 bits per heavy atom. The van der Waals surface area contributed by atoms with E-state index >= 15 is 0 Å². The van der Waals surface area contributed by atoms with Gasteiger partial charge in [0.2, 0.25) is 0 Å². The third-order valence-corrected chi connectivity index (χ3v) is 5.49. The number of hydrogen-bond acceptors (Lipinski definition) is 4. The highest BCUT2D eigenvalue weighted by molar-refractivity contribution is 7.09. The Hall–Kier alpha value is -1.35. The first-order chi connectivity index (χ1) is 12.0. The summed E-state index contributed by atoms with van der Waals surface area (Å²) in [6.45, 7) is 7.10. The molecule has 140 valence electrons. The van der Waals surface area contributed by atoms with E-state index in [4.69, 9.17) is 0 Å². The summed E-state index contributed by atoms with van der Waals surface area (Å²) in [5.41, 5.74) is -0.831. The lowest BCUT2D eigenvalue weighted by Crippen LogP contribution is -2.42. The number of aliphatic imine (C=N–C) groups is 1. The SMILES string of the molecule is CCNC(=NCc1nc(C(F)(F)F)cs1)N1CCC(N2CCCC2)C1. The molecule has 9 heteroatoms. The second-order valence-electron chi connectivity index (χ2n) is 6.43. The number of guanidine groups is 1. The molecule has 3 heterocycles. The van der Waals surface area contributed by atoms with Gasteiger partial charge in [-0.1, -0.05) is 0 Å². The van der Waals surface area contributed by atoms with Crippen LogP contribution >= 0.6 is 11.3 Å². The van der Waals surface area contributed by atoms with Gasteiger partial charge < -0.3 is 10.2 Å². The lowest BCUT2D eigenvalue weighted by atomic mass is 10.2. The molecular weight excluding hydrogens is 351 g/mol. The Morgan fingerprint density at radius 3 is 2.76 bits per heavy atom. The molecule has 1 unspecified atom stereocenters. The van der Waals surface area contributed by atoms with Gasteiger partial charge in [-0.3, -0.25) is 4.90 Å². The van der Waals surface area contributed by atoms with E-state index in [0.29, 0.717) is 11.0 Å². The van der Waals surface area contributed by atoms with Crippen molar-refractivity contribution < 1.29 is 13.2 Å². The monoisotopic (exact) mass is 375 g/mol. The average Bonchev–Trinajstić information content (AvgIpc) is 3.31. The van der Waals surface area contributed by atoms with E-state index in [1.807, 2.05) is 6.92 Å². The number of aromatic nitrogens is 1. The van der Waals surface area contributed by atoms with Crippen LogP contribution < -0.4 is 5.32 Å². The highest BCUT2D eigenvalue weighted by Crippen LogP contribution is 2.30. The van der Waals surface area contributed by atoms with Crippen molar-refractivity contribution in [3.63, 3.8) is 0 Å². The van der Waals surface area contributed by atoms with Gasteiger partial charge in [-0.15, -0.1) is 11.3 Å². The summed E-state index contributed by atoms with van der Waals surface area (Å²) >= 11 is 1.01. The topological polar surface area (TPSA) is 43.8 Å². The Morgan fingerprint density at radius 2 is 2.12 bits per heavy atom. The zero-order valence-corrected chi connectivity index (χ0v) is 15.2. The zero-order chi connectivity index (χ0) is 17.9. The van der Waals surface area contributed by atoms with E-state index < -0.39 is 11.9 Å². The van der Waals surface area contributed by atoms with Crippen LogP contribution in [0.1, 0.15) is 36.9 Å². The minimum Gasteiger partial charge on any atom is -0.357 e. The summed E-state index contributed by atoms with van der Waals surface area (Å²) < 4.78 is 37.9. The summed E-state index contributed by atoms with van der Waals surface area (Å²) in [5.74, 6) is 0.771. The average molecular weight is 375 g/mol. The fourth-order valence-electron chi connectivity index (χ4n) is 3.42. The number of nitrogens with zero attached hydrogens (tertiary/aromatic N) is 4. The van der Waals surface area contributed by atoms with E-state index in [1.165, 1.54) is 25.9 Å². The molecule has 1 atom stereocenters. The summed E-state index contributed by atoms with van der Waals surface area (Å²) in [6, 6.07) is 0.558. The molecule has 3 rings (SSSR count). The molecule has 1 N–H and O–H groups in total. The van der Waals surface area contributed by atoms with Crippen molar-refractivity contribution in [3.8, 4) is 0 Å². The summed E-state index contributed by atoms with van der Waals surface area (Å²) in [7, 11) is 0. The molecule has 0 radical (unpaired) electrons. The van der Waals surface area contributed by atoms with Gasteiger partial charge in [-0.05, 0) is 39.3 Å². The molecule has 2 aliphatic rings. The third kappa shape index (κ3) is 4.63. The van der Waals surface area contributed by atoms with Crippen molar-refractivity contribution in [2.75, 3.05) is 32.7 Å². The summed E-state index contributed by atoms with van der Waals surface area (Å²) in [5, 5.41) is 4.69. The van der Waals surface area contributed by atoms with Gasteiger partial charge in [0.05, 0.1) is 6.54 Å². The molecule has 1 aromatic rings. The Balaban J connectivity index is 1.62. The first-order valence-electron chi connectivity index (χ1n) is 8.76. The fraction of sp³-hybridized carbons (Fsp3) is 0.750. The van der Waals surface area contributed by atoms with Crippen molar-refractivity contribution in [3.05, 3.63) is 16.1 Å². The Bertz CT molecular complexity index is 595. The van der Waals surface area contributed by atoms with Crippen LogP contribution in [0.3, 0.4) is 0 Å². The highest BCUT2D eigenvalue weighted by Gasteiger charge is 2.34. The predicted molar refractivity (Wildman–Crippen MR) is 92.7 cm³/mol. The molecule has 25 heavy (non-hydrogen) atoms. The Kier molecular flexibility index (Phi) is 5.83. The van der Waals surface area contributed by atoms with Crippen molar-refractivity contribution >= 4 is 17.3 Å². The number of thiazole rings is 1. The molecular formula is C16H24F3N5S. The molecule has 2 saturated heterocycles. The summed E-state index contributed by atoms with van der Waals surface area (Å²) in [6.07, 6.45) is -0.729. The molecule has 0 spiro atoms. The van der Waals surface area contributed by atoms with Crippen LogP contribution in [-0.4, -0.2) is 59.5 Å². The molecule has 0 saturated carbocycles. The van der Waals surface area contributed by atoms with Crippen LogP contribution in [0.25, 0.3) is 0 Å². The van der Waals surface area contributed by atoms with Crippen molar-refractivity contribution in [2.45, 2.75) is 44.9 Å². The maximum Gasteiger partial charge on any atom is 0.434 e. The van der Waals surface area contributed by atoms with E-state index in [9.17, 15) is 13.2 Å². The first kappa shape index (κ1) is 18.4. The number of halogens is 3. The van der Waals surface area contributed by atoms with Crippen LogP contribution in [0.4, 0.5) is 13.2 Å². The number of rotatable bonds is 4.